The molecule has 24 heavy (non-hydrogen) atoms. The molecule has 2 aromatic heterocycles. The van der Waals surface area contributed by atoms with Gasteiger partial charge in [0.25, 0.3) is 5.91 Å². The quantitative estimate of drug-likeness (QED) is 0.924. The molecule has 0 spiro atoms. The zero-order valence-corrected chi connectivity index (χ0v) is 14.1. The number of nitrogens with one attached hydrogen (secondary N) is 1. The van der Waals surface area contributed by atoms with Crippen molar-refractivity contribution in [1.29, 1.82) is 0 Å². The maximum absolute atomic E-state index is 12.8. The molecule has 1 amide bonds. The van der Waals surface area contributed by atoms with Crippen molar-refractivity contribution >= 4 is 11.7 Å². The molecule has 0 saturated carbocycles. The van der Waals surface area contributed by atoms with Crippen LogP contribution in [-0.4, -0.2) is 46.6 Å². The number of aromatic amines is 1. The normalized spacial score (nSPS) is 17.1. The van der Waals surface area contributed by atoms with E-state index >= 15 is 0 Å². The van der Waals surface area contributed by atoms with Crippen LogP contribution in [0.25, 0.3) is 0 Å². The summed E-state index contributed by atoms with van der Waals surface area (Å²) in [4.78, 5) is 30.8. The van der Waals surface area contributed by atoms with Crippen LogP contribution in [-0.2, 0) is 0 Å². The van der Waals surface area contributed by atoms with Gasteiger partial charge in [-0.05, 0) is 38.0 Å². The van der Waals surface area contributed by atoms with Crippen LogP contribution in [0.2, 0.25) is 0 Å². The molecule has 1 fully saturated rings. The van der Waals surface area contributed by atoms with Crippen LogP contribution >= 0.6 is 0 Å². The molecular weight excluding hydrogens is 306 g/mol. The predicted molar refractivity (Wildman–Crippen MR) is 91.2 cm³/mol. The summed E-state index contributed by atoms with van der Waals surface area (Å²) >= 11 is 0. The van der Waals surface area contributed by atoms with Crippen molar-refractivity contribution in [3.05, 3.63) is 51.6 Å². The fourth-order valence-corrected chi connectivity index (χ4v) is 3.04. The van der Waals surface area contributed by atoms with Gasteiger partial charge in [0.05, 0.1) is 11.7 Å². The van der Waals surface area contributed by atoms with Crippen molar-refractivity contribution in [2.45, 2.75) is 25.8 Å². The third kappa shape index (κ3) is 3.15. The number of H-pyrrole nitrogens is 1. The molecular formula is C17H21N5O2. The number of pyridine rings is 1. The van der Waals surface area contributed by atoms with E-state index in [1.165, 1.54) is 6.07 Å². The summed E-state index contributed by atoms with van der Waals surface area (Å²) < 4.78 is 0. The van der Waals surface area contributed by atoms with Gasteiger partial charge in [0.1, 0.15) is 0 Å². The number of anilines is 1. The average molecular weight is 327 g/mol. The molecule has 1 unspecified atom stereocenters. The number of hydrogen-bond acceptors (Lipinski definition) is 5. The third-order valence-corrected chi connectivity index (χ3v) is 4.21. The Morgan fingerprint density at radius 3 is 2.71 bits per heavy atom. The Morgan fingerprint density at radius 2 is 2.08 bits per heavy atom. The Morgan fingerprint density at radius 1 is 1.29 bits per heavy atom. The van der Waals surface area contributed by atoms with E-state index in [9.17, 15) is 9.59 Å². The molecule has 1 N–H and O–H groups in total. The summed E-state index contributed by atoms with van der Waals surface area (Å²) in [5.74, 6) is 0.644. The Labute approximate surface area is 140 Å². The lowest BCUT2D eigenvalue weighted by molar-refractivity contribution is 0.0732. The molecule has 0 aromatic carbocycles. The number of nitrogens with zero attached hydrogens (tertiary/aromatic N) is 4. The molecule has 0 radical (unpaired) electrons. The molecule has 0 aliphatic carbocycles. The summed E-state index contributed by atoms with van der Waals surface area (Å²) in [5.41, 5.74) is 1.62. The van der Waals surface area contributed by atoms with Gasteiger partial charge in [0.2, 0.25) is 5.56 Å². The zero-order chi connectivity index (χ0) is 17.3. The molecule has 1 saturated heterocycles. The van der Waals surface area contributed by atoms with Gasteiger partial charge in [-0.2, -0.15) is 5.10 Å². The topological polar surface area (TPSA) is 82.2 Å². The van der Waals surface area contributed by atoms with Crippen LogP contribution in [0.15, 0.2) is 29.1 Å². The van der Waals surface area contributed by atoms with Crippen LogP contribution in [0.4, 0.5) is 5.82 Å². The number of aromatic nitrogens is 3. The molecule has 1 aliphatic heterocycles. The molecule has 1 atom stereocenters. The Bertz CT molecular complexity index is 797. The third-order valence-electron chi connectivity index (χ3n) is 4.21. The molecule has 7 heteroatoms. The molecule has 3 rings (SSSR count). The smallest absolute Gasteiger partial charge is 0.254 e. The molecule has 0 bridgehead atoms. The van der Waals surface area contributed by atoms with Gasteiger partial charge < -0.3 is 14.8 Å². The van der Waals surface area contributed by atoms with E-state index in [4.69, 9.17) is 0 Å². The van der Waals surface area contributed by atoms with E-state index in [-0.39, 0.29) is 17.5 Å². The van der Waals surface area contributed by atoms with Crippen LogP contribution in [0.5, 0.6) is 0 Å². The minimum Gasteiger partial charge on any atom is -0.361 e. The lowest BCUT2D eigenvalue weighted by Crippen LogP contribution is -2.32. The second kappa shape index (κ2) is 6.43. The van der Waals surface area contributed by atoms with E-state index in [1.54, 1.807) is 17.9 Å². The average Bonchev–Trinajstić information content (AvgIpc) is 3.02. The van der Waals surface area contributed by atoms with Crippen LogP contribution in [0.3, 0.4) is 0 Å². The molecule has 1 aliphatic rings. The van der Waals surface area contributed by atoms with Gasteiger partial charge in [-0.3, -0.25) is 9.59 Å². The lowest BCUT2D eigenvalue weighted by atomic mass is 10.1. The highest BCUT2D eigenvalue weighted by atomic mass is 16.2. The molecule has 7 nitrogen and oxygen atoms in total. The zero-order valence-electron chi connectivity index (χ0n) is 14.1. The Kier molecular flexibility index (Phi) is 4.33. The number of carbonyl (C=O) groups excluding carboxylic acids is 1. The summed E-state index contributed by atoms with van der Waals surface area (Å²) in [6.07, 6.45) is 1.76. The summed E-state index contributed by atoms with van der Waals surface area (Å²) in [7, 11) is 3.81. The summed E-state index contributed by atoms with van der Waals surface area (Å²) in [5, 5.41) is 8.49. The molecule has 2 aromatic rings. The monoisotopic (exact) mass is 327 g/mol. The fraction of sp³-hybridized carbons (Fsp3) is 0.412. The van der Waals surface area contributed by atoms with Gasteiger partial charge in [-0.25, -0.2) is 0 Å². The minimum atomic E-state index is -0.260. The fourth-order valence-electron chi connectivity index (χ4n) is 3.04. The maximum atomic E-state index is 12.8. The Hall–Kier alpha value is -2.70. The minimum absolute atomic E-state index is 0.0965. The van der Waals surface area contributed by atoms with E-state index < -0.39 is 0 Å². The first kappa shape index (κ1) is 16.2. The molecule has 126 valence electrons. The van der Waals surface area contributed by atoms with E-state index in [0.29, 0.717) is 17.8 Å². The number of hydrogen-bond donors (Lipinski definition) is 1. The first-order chi connectivity index (χ1) is 11.5. The number of rotatable bonds is 3. The van der Waals surface area contributed by atoms with Crippen molar-refractivity contribution in [2.24, 2.45) is 0 Å². The maximum Gasteiger partial charge on any atom is 0.254 e. The number of carbonyl (C=O) groups is 1. The van der Waals surface area contributed by atoms with Crippen molar-refractivity contribution < 1.29 is 4.79 Å². The highest BCUT2D eigenvalue weighted by Gasteiger charge is 2.32. The SMILES string of the molecule is Cc1cc(C(=O)N2CCCC2c2ccc(N(C)C)nn2)cc(=O)[nH]1. The second-order valence-electron chi connectivity index (χ2n) is 6.28. The van der Waals surface area contributed by atoms with E-state index in [0.717, 1.165) is 24.4 Å². The van der Waals surface area contributed by atoms with Gasteiger partial charge >= 0.3 is 0 Å². The largest absolute Gasteiger partial charge is 0.361 e. The van der Waals surface area contributed by atoms with Crippen LogP contribution < -0.4 is 10.5 Å². The second-order valence-corrected chi connectivity index (χ2v) is 6.28. The van der Waals surface area contributed by atoms with Crippen LogP contribution in [0, 0.1) is 6.92 Å². The summed E-state index contributed by atoms with van der Waals surface area (Å²) in [6, 6.07) is 6.79. The van der Waals surface area contributed by atoms with Crippen molar-refractivity contribution in [3.8, 4) is 0 Å². The van der Waals surface area contributed by atoms with Crippen molar-refractivity contribution in [3.63, 3.8) is 0 Å². The summed E-state index contributed by atoms with van der Waals surface area (Å²) in [6.45, 7) is 2.43. The first-order valence-corrected chi connectivity index (χ1v) is 7.98. The lowest BCUT2D eigenvalue weighted by Gasteiger charge is -2.24. The van der Waals surface area contributed by atoms with E-state index in [1.807, 2.05) is 31.1 Å². The van der Waals surface area contributed by atoms with Crippen LogP contribution in [0.1, 0.15) is 40.6 Å². The highest BCUT2D eigenvalue weighted by molar-refractivity contribution is 5.94. The number of amides is 1. The Balaban J connectivity index is 1.87. The van der Waals surface area contributed by atoms with Crippen molar-refractivity contribution in [2.75, 3.05) is 25.5 Å². The van der Waals surface area contributed by atoms with E-state index in [2.05, 4.69) is 15.2 Å². The highest BCUT2D eigenvalue weighted by Crippen LogP contribution is 2.32. The van der Waals surface area contributed by atoms with Crippen molar-refractivity contribution in [1.82, 2.24) is 20.1 Å². The first-order valence-electron chi connectivity index (χ1n) is 7.98. The van der Waals surface area contributed by atoms with Gasteiger partial charge in [0, 0.05) is 38.0 Å². The predicted octanol–water partition coefficient (Wildman–Crippen LogP) is 1.52. The standard InChI is InChI=1S/C17H21N5O2/c1-11-9-12(10-16(23)18-11)17(24)22-8-4-5-14(22)13-6-7-15(20-19-13)21(2)3/h6-7,9-10,14H,4-5,8H2,1-3H3,(H,18,23). The van der Waals surface area contributed by atoms with Gasteiger partial charge in [-0.15, -0.1) is 5.10 Å². The molecule has 3 heterocycles. The van der Waals surface area contributed by atoms with Gasteiger partial charge in [-0.1, -0.05) is 0 Å². The number of aryl methyl sites for hydroxylation is 1. The number of likely N-dealkylation sites (tertiary alicyclic amines) is 1. The van der Waals surface area contributed by atoms with Gasteiger partial charge in [0.15, 0.2) is 5.82 Å².